The molecule has 0 spiro atoms. The van der Waals surface area contributed by atoms with E-state index in [-0.39, 0.29) is 0 Å². The molecule has 1 aromatic carbocycles. The summed E-state index contributed by atoms with van der Waals surface area (Å²) in [6.45, 7) is 0.652. The Kier molecular flexibility index (Phi) is 4.18. The van der Waals surface area contributed by atoms with Crippen LogP contribution in [0.25, 0.3) is 22.6 Å². The van der Waals surface area contributed by atoms with Gasteiger partial charge in [0.15, 0.2) is 5.82 Å². The van der Waals surface area contributed by atoms with Crippen molar-refractivity contribution in [1.29, 1.82) is 0 Å². The number of nitrogens with one attached hydrogen (secondary N) is 2. The van der Waals surface area contributed by atoms with Crippen LogP contribution in [0.15, 0.2) is 36.8 Å². The third kappa shape index (κ3) is 3.18. The van der Waals surface area contributed by atoms with E-state index in [9.17, 15) is 0 Å². The minimum atomic E-state index is 0.545. The van der Waals surface area contributed by atoms with Gasteiger partial charge in [-0.05, 0) is 18.2 Å². The van der Waals surface area contributed by atoms with Crippen LogP contribution in [0.1, 0.15) is 5.82 Å². The van der Waals surface area contributed by atoms with Gasteiger partial charge in [0.1, 0.15) is 23.6 Å². The quantitative estimate of drug-likeness (QED) is 0.546. The fourth-order valence-electron chi connectivity index (χ4n) is 2.68. The van der Waals surface area contributed by atoms with Crippen molar-refractivity contribution in [2.45, 2.75) is 6.42 Å². The van der Waals surface area contributed by atoms with Crippen LogP contribution >= 0.6 is 0 Å². The Morgan fingerprint density at radius 3 is 2.92 bits per heavy atom. The van der Waals surface area contributed by atoms with Crippen LogP contribution in [0.4, 0.5) is 5.95 Å². The summed E-state index contributed by atoms with van der Waals surface area (Å²) in [5, 5.41) is 7.28. The molecule has 9 nitrogen and oxygen atoms in total. The molecular weight excluding hydrogens is 332 g/mol. The number of anilines is 1. The van der Waals surface area contributed by atoms with Gasteiger partial charge >= 0.3 is 0 Å². The maximum absolute atomic E-state index is 5.23. The number of fused-ring (bicyclic) bond motifs is 1. The molecule has 0 fully saturated rings. The standard InChI is InChI=1S/C17H18N8O/c1-25-16(20-10-21-25)13-5-7-18-17(24-13)19-8-6-15-22-12-4-3-11(26-2)9-14(12)23-15/h3-5,7,9-10H,6,8H2,1-2H3,(H,22,23)(H,18,19,24). The first kappa shape index (κ1) is 16.0. The number of H-pyrrole nitrogens is 1. The number of benzene rings is 1. The van der Waals surface area contributed by atoms with Crippen molar-refractivity contribution in [1.82, 2.24) is 34.7 Å². The van der Waals surface area contributed by atoms with Gasteiger partial charge in [-0.25, -0.2) is 24.6 Å². The molecule has 0 aliphatic rings. The van der Waals surface area contributed by atoms with Gasteiger partial charge in [-0.2, -0.15) is 5.10 Å². The summed E-state index contributed by atoms with van der Waals surface area (Å²) < 4.78 is 6.91. The lowest BCUT2D eigenvalue weighted by atomic mass is 10.3. The Labute approximate surface area is 149 Å². The third-order valence-electron chi connectivity index (χ3n) is 3.98. The van der Waals surface area contributed by atoms with Crippen LogP contribution in [0, 0.1) is 0 Å². The molecule has 3 heterocycles. The average molecular weight is 350 g/mol. The van der Waals surface area contributed by atoms with Gasteiger partial charge < -0.3 is 15.0 Å². The molecule has 4 rings (SSSR count). The van der Waals surface area contributed by atoms with E-state index in [4.69, 9.17) is 4.74 Å². The molecule has 0 aliphatic carbocycles. The van der Waals surface area contributed by atoms with E-state index in [1.54, 1.807) is 18.0 Å². The van der Waals surface area contributed by atoms with Crippen LogP contribution in [0.3, 0.4) is 0 Å². The fraction of sp³-hybridized carbons (Fsp3) is 0.235. The first-order valence-electron chi connectivity index (χ1n) is 8.17. The lowest BCUT2D eigenvalue weighted by Gasteiger charge is -2.05. The zero-order valence-electron chi connectivity index (χ0n) is 14.5. The highest BCUT2D eigenvalue weighted by atomic mass is 16.5. The highest BCUT2D eigenvalue weighted by molar-refractivity contribution is 5.76. The molecule has 9 heteroatoms. The number of aryl methyl sites for hydroxylation is 1. The molecule has 26 heavy (non-hydrogen) atoms. The Bertz CT molecular complexity index is 1040. The zero-order chi connectivity index (χ0) is 17.9. The molecular formula is C17H18N8O. The van der Waals surface area contributed by atoms with Crippen LogP contribution in [-0.2, 0) is 13.5 Å². The summed E-state index contributed by atoms with van der Waals surface area (Å²) in [6, 6.07) is 7.58. The molecule has 0 unspecified atom stereocenters. The number of imidazole rings is 1. The van der Waals surface area contributed by atoms with Gasteiger partial charge in [-0.3, -0.25) is 0 Å². The molecule has 0 amide bonds. The van der Waals surface area contributed by atoms with Crippen molar-refractivity contribution in [3.05, 3.63) is 42.6 Å². The second kappa shape index (κ2) is 6.79. The predicted molar refractivity (Wildman–Crippen MR) is 96.9 cm³/mol. The van der Waals surface area contributed by atoms with E-state index in [1.807, 2.05) is 31.3 Å². The fourth-order valence-corrected chi connectivity index (χ4v) is 2.68. The minimum absolute atomic E-state index is 0.545. The van der Waals surface area contributed by atoms with E-state index in [1.165, 1.54) is 6.33 Å². The Hall–Kier alpha value is -3.49. The highest BCUT2D eigenvalue weighted by Gasteiger charge is 2.08. The first-order chi connectivity index (χ1) is 12.7. The minimum Gasteiger partial charge on any atom is -0.497 e. The number of hydrogen-bond donors (Lipinski definition) is 2. The number of ether oxygens (including phenoxy) is 1. The Morgan fingerprint density at radius 2 is 2.12 bits per heavy atom. The maximum atomic E-state index is 5.23. The van der Waals surface area contributed by atoms with Gasteiger partial charge in [0, 0.05) is 32.3 Å². The van der Waals surface area contributed by atoms with Crippen LogP contribution in [0.5, 0.6) is 5.75 Å². The summed E-state index contributed by atoms with van der Waals surface area (Å²) >= 11 is 0. The smallest absolute Gasteiger partial charge is 0.223 e. The molecule has 0 saturated heterocycles. The lowest BCUT2D eigenvalue weighted by Crippen LogP contribution is -2.09. The molecule has 0 radical (unpaired) electrons. The molecule has 132 valence electrons. The highest BCUT2D eigenvalue weighted by Crippen LogP contribution is 2.19. The number of hydrogen-bond acceptors (Lipinski definition) is 7. The van der Waals surface area contributed by atoms with Crippen molar-refractivity contribution in [3.8, 4) is 17.3 Å². The molecule has 0 bridgehead atoms. The first-order valence-corrected chi connectivity index (χ1v) is 8.17. The maximum Gasteiger partial charge on any atom is 0.223 e. The zero-order valence-corrected chi connectivity index (χ0v) is 14.5. The van der Waals surface area contributed by atoms with Crippen LogP contribution < -0.4 is 10.1 Å². The van der Waals surface area contributed by atoms with Crippen LogP contribution in [-0.4, -0.2) is 48.4 Å². The van der Waals surface area contributed by atoms with E-state index in [0.717, 1.165) is 28.3 Å². The van der Waals surface area contributed by atoms with Crippen molar-refractivity contribution in [3.63, 3.8) is 0 Å². The monoisotopic (exact) mass is 350 g/mol. The molecule has 2 N–H and O–H groups in total. The van der Waals surface area contributed by atoms with Crippen molar-refractivity contribution < 1.29 is 4.74 Å². The molecule has 4 aromatic rings. The molecule has 0 aliphatic heterocycles. The number of methoxy groups -OCH3 is 1. The number of nitrogens with zero attached hydrogens (tertiary/aromatic N) is 6. The van der Waals surface area contributed by atoms with E-state index < -0.39 is 0 Å². The van der Waals surface area contributed by atoms with Gasteiger partial charge in [0.2, 0.25) is 5.95 Å². The van der Waals surface area contributed by atoms with Gasteiger partial charge in [0.25, 0.3) is 0 Å². The van der Waals surface area contributed by atoms with Crippen LogP contribution in [0.2, 0.25) is 0 Å². The normalized spacial score (nSPS) is 11.0. The van der Waals surface area contributed by atoms with E-state index >= 15 is 0 Å². The summed E-state index contributed by atoms with van der Waals surface area (Å²) in [5.41, 5.74) is 2.60. The number of aromatic amines is 1. The lowest BCUT2D eigenvalue weighted by molar-refractivity contribution is 0.415. The van der Waals surface area contributed by atoms with Crippen molar-refractivity contribution in [2.75, 3.05) is 19.0 Å². The Morgan fingerprint density at radius 1 is 1.19 bits per heavy atom. The van der Waals surface area contributed by atoms with Gasteiger partial charge in [-0.1, -0.05) is 0 Å². The third-order valence-corrected chi connectivity index (χ3v) is 3.98. The van der Waals surface area contributed by atoms with E-state index in [0.29, 0.717) is 24.7 Å². The summed E-state index contributed by atoms with van der Waals surface area (Å²) in [4.78, 5) is 20.8. The Balaban J connectivity index is 1.43. The van der Waals surface area contributed by atoms with Gasteiger partial charge in [0.05, 0.1) is 18.1 Å². The summed E-state index contributed by atoms with van der Waals surface area (Å²) in [5.74, 6) is 2.94. The van der Waals surface area contributed by atoms with E-state index in [2.05, 4.69) is 35.3 Å². The SMILES string of the molecule is COc1ccc2nc(CCNc3nccc(-c4ncnn4C)n3)[nH]c2c1. The second-order valence-corrected chi connectivity index (χ2v) is 5.72. The number of aromatic nitrogens is 7. The number of rotatable bonds is 6. The molecule has 3 aromatic heterocycles. The second-order valence-electron chi connectivity index (χ2n) is 5.72. The topological polar surface area (TPSA) is 106 Å². The summed E-state index contributed by atoms with van der Waals surface area (Å²) in [7, 11) is 3.48. The largest absolute Gasteiger partial charge is 0.497 e. The van der Waals surface area contributed by atoms with Crippen molar-refractivity contribution >= 4 is 17.0 Å². The predicted octanol–water partition coefficient (Wildman–Crippen LogP) is 1.81. The van der Waals surface area contributed by atoms with Crippen molar-refractivity contribution in [2.24, 2.45) is 7.05 Å². The molecule has 0 saturated carbocycles. The average Bonchev–Trinajstić information content (AvgIpc) is 3.26. The van der Waals surface area contributed by atoms with Gasteiger partial charge in [-0.15, -0.1) is 0 Å². The molecule has 0 atom stereocenters. The summed E-state index contributed by atoms with van der Waals surface area (Å²) in [6.07, 6.45) is 3.92.